The van der Waals surface area contributed by atoms with Crippen molar-refractivity contribution in [1.29, 1.82) is 0 Å². The van der Waals surface area contributed by atoms with Gasteiger partial charge in [-0.3, -0.25) is 5.43 Å². The Morgan fingerprint density at radius 2 is 1.89 bits per heavy atom. The van der Waals surface area contributed by atoms with Gasteiger partial charge >= 0.3 is 0 Å². The molecule has 0 unspecified atom stereocenters. The van der Waals surface area contributed by atoms with E-state index in [4.69, 9.17) is 0 Å². The lowest BCUT2D eigenvalue weighted by Crippen LogP contribution is -2.25. The number of nitrogens with zero attached hydrogens (tertiary/aromatic N) is 1. The van der Waals surface area contributed by atoms with Crippen molar-refractivity contribution >= 4 is 0 Å². The first kappa shape index (κ1) is 6.52. The fourth-order valence-electron chi connectivity index (χ4n) is 1.31. The highest BCUT2D eigenvalue weighted by molar-refractivity contribution is 4.69. The third-order valence-corrected chi connectivity index (χ3v) is 1.84. The Morgan fingerprint density at radius 1 is 1.22 bits per heavy atom. The van der Waals surface area contributed by atoms with Crippen molar-refractivity contribution < 1.29 is 0 Å². The topological polar surface area (TPSA) is 41.5 Å². The van der Waals surface area contributed by atoms with Crippen molar-refractivity contribution in [2.24, 2.45) is 5.29 Å². The van der Waals surface area contributed by atoms with E-state index in [1.165, 1.54) is 19.3 Å². The lowest BCUT2D eigenvalue weighted by Gasteiger charge is -2.18. The third kappa shape index (κ3) is 2.00. The van der Waals surface area contributed by atoms with Gasteiger partial charge in [0.1, 0.15) is 0 Å². The highest BCUT2D eigenvalue weighted by Crippen LogP contribution is 2.16. The second-order valence-corrected chi connectivity index (χ2v) is 2.56. The fraction of sp³-hybridized carbons (Fsp3) is 1.00. The zero-order chi connectivity index (χ0) is 6.53. The van der Waals surface area contributed by atoms with E-state index in [2.05, 4.69) is 10.7 Å². The maximum absolute atomic E-state index is 9.71. The molecule has 0 heterocycles. The van der Waals surface area contributed by atoms with E-state index >= 15 is 0 Å². The molecule has 9 heavy (non-hydrogen) atoms. The van der Waals surface area contributed by atoms with Crippen molar-refractivity contribution in [2.45, 2.75) is 38.1 Å². The van der Waals surface area contributed by atoms with Crippen LogP contribution in [0.2, 0.25) is 0 Å². The minimum Gasteiger partial charge on any atom is -0.271 e. The zero-order valence-electron chi connectivity index (χ0n) is 5.47. The molecule has 1 fully saturated rings. The van der Waals surface area contributed by atoms with Crippen molar-refractivity contribution in [3.8, 4) is 0 Å². The summed E-state index contributed by atoms with van der Waals surface area (Å²) in [6.07, 6.45) is 6.04. The monoisotopic (exact) mass is 128 g/mol. The van der Waals surface area contributed by atoms with Crippen molar-refractivity contribution in [3.63, 3.8) is 0 Å². The largest absolute Gasteiger partial charge is 0.271 e. The maximum atomic E-state index is 9.71. The molecule has 0 radical (unpaired) electrons. The van der Waals surface area contributed by atoms with Gasteiger partial charge in [-0.15, -0.1) is 4.91 Å². The molecule has 0 aliphatic heterocycles. The number of rotatable bonds is 2. The van der Waals surface area contributed by atoms with Gasteiger partial charge in [0, 0.05) is 11.3 Å². The van der Waals surface area contributed by atoms with E-state index in [9.17, 15) is 4.91 Å². The molecule has 1 aliphatic carbocycles. The molecule has 0 atom stereocenters. The Hall–Kier alpha value is -0.600. The molecule has 0 aromatic rings. The number of nitroso groups, excluding NO2 is 1. The SMILES string of the molecule is O=NNC1CCCCC1. The second-order valence-electron chi connectivity index (χ2n) is 2.56. The fourth-order valence-corrected chi connectivity index (χ4v) is 1.31. The summed E-state index contributed by atoms with van der Waals surface area (Å²) in [5, 5.41) is 2.66. The normalized spacial score (nSPS) is 21.3. The summed E-state index contributed by atoms with van der Waals surface area (Å²) in [6.45, 7) is 0. The molecule has 1 N–H and O–H groups in total. The predicted octanol–water partition coefficient (Wildman–Crippen LogP) is 1.59. The van der Waals surface area contributed by atoms with Crippen LogP contribution in [0, 0.1) is 4.91 Å². The van der Waals surface area contributed by atoms with Crippen LogP contribution in [-0.2, 0) is 0 Å². The molecule has 0 saturated heterocycles. The van der Waals surface area contributed by atoms with Gasteiger partial charge in [-0.2, -0.15) is 0 Å². The molecule has 0 bridgehead atoms. The van der Waals surface area contributed by atoms with Gasteiger partial charge in [0.25, 0.3) is 0 Å². The lowest BCUT2D eigenvalue weighted by molar-refractivity contribution is 0.379. The van der Waals surface area contributed by atoms with E-state index in [1.807, 2.05) is 0 Å². The summed E-state index contributed by atoms with van der Waals surface area (Å²) in [7, 11) is 0. The molecular formula is C6H12N2O. The van der Waals surface area contributed by atoms with Crippen LogP contribution in [-0.4, -0.2) is 6.04 Å². The summed E-state index contributed by atoms with van der Waals surface area (Å²) in [6, 6.07) is 0.372. The Morgan fingerprint density at radius 3 is 2.44 bits per heavy atom. The van der Waals surface area contributed by atoms with E-state index in [0.29, 0.717) is 6.04 Å². The molecule has 3 heteroatoms. The molecule has 1 saturated carbocycles. The second kappa shape index (κ2) is 3.43. The molecule has 3 nitrogen and oxygen atoms in total. The molecule has 52 valence electrons. The van der Waals surface area contributed by atoms with Gasteiger partial charge in [-0.1, -0.05) is 19.3 Å². The van der Waals surface area contributed by atoms with E-state index in [1.54, 1.807) is 0 Å². The molecule has 0 aromatic carbocycles. The molecule has 0 amide bonds. The number of hydrogen-bond acceptors (Lipinski definition) is 2. The van der Waals surface area contributed by atoms with E-state index in [0.717, 1.165) is 12.8 Å². The highest BCUT2D eigenvalue weighted by Gasteiger charge is 2.11. The maximum Gasteiger partial charge on any atom is 0.0499 e. The van der Waals surface area contributed by atoms with E-state index in [-0.39, 0.29) is 0 Å². The third-order valence-electron chi connectivity index (χ3n) is 1.84. The summed E-state index contributed by atoms with van der Waals surface area (Å²) >= 11 is 0. The molecule has 0 spiro atoms. The molecule has 1 rings (SSSR count). The zero-order valence-corrected chi connectivity index (χ0v) is 5.47. The van der Waals surface area contributed by atoms with Crippen LogP contribution in [0.4, 0.5) is 0 Å². The Kier molecular flexibility index (Phi) is 2.48. The average Bonchev–Trinajstić information content (AvgIpc) is 1.91. The predicted molar refractivity (Wildman–Crippen MR) is 35.8 cm³/mol. The average molecular weight is 128 g/mol. The number of hydrogen-bond donors (Lipinski definition) is 1. The van der Waals surface area contributed by atoms with Gasteiger partial charge < -0.3 is 0 Å². The van der Waals surface area contributed by atoms with Crippen molar-refractivity contribution in [3.05, 3.63) is 4.91 Å². The van der Waals surface area contributed by atoms with Crippen LogP contribution in [0.25, 0.3) is 0 Å². The summed E-state index contributed by atoms with van der Waals surface area (Å²) in [4.78, 5) is 9.71. The van der Waals surface area contributed by atoms with Gasteiger partial charge in [0.15, 0.2) is 0 Å². The van der Waals surface area contributed by atoms with Crippen LogP contribution in [0.15, 0.2) is 5.29 Å². The van der Waals surface area contributed by atoms with Crippen LogP contribution < -0.4 is 5.43 Å². The standard InChI is InChI=1S/C6H12N2O/c9-8-7-6-4-2-1-3-5-6/h6H,1-5H2,(H,7,9). The summed E-state index contributed by atoms with van der Waals surface area (Å²) < 4.78 is 0. The molecule has 0 aromatic heterocycles. The van der Waals surface area contributed by atoms with Crippen LogP contribution in [0.1, 0.15) is 32.1 Å². The first-order valence-corrected chi connectivity index (χ1v) is 3.51. The van der Waals surface area contributed by atoms with Crippen LogP contribution in [0.3, 0.4) is 0 Å². The van der Waals surface area contributed by atoms with E-state index < -0.39 is 0 Å². The Balaban J connectivity index is 2.15. The smallest absolute Gasteiger partial charge is 0.0499 e. The van der Waals surface area contributed by atoms with Crippen molar-refractivity contribution in [1.82, 2.24) is 5.43 Å². The van der Waals surface area contributed by atoms with Crippen molar-refractivity contribution in [2.75, 3.05) is 0 Å². The minimum atomic E-state index is 0.372. The summed E-state index contributed by atoms with van der Waals surface area (Å²) in [5.74, 6) is 0. The highest BCUT2D eigenvalue weighted by atomic mass is 16.3. The lowest BCUT2D eigenvalue weighted by atomic mass is 9.96. The quantitative estimate of drug-likeness (QED) is 0.453. The van der Waals surface area contributed by atoms with Gasteiger partial charge in [-0.05, 0) is 12.8 Å². The molecule has 1 aliphatic rings. The number of nitrogens with one attached hydrogen (secondary N) is 1. The Labute approximate surface area is 54.8 Å². The van der Waals surface area contributed by atoms with Gasteiger partial charge in [0.2, 0.25) is 0 Å². The first-order valence-electron chi connectivity index (χ1n) is 3.51. The Bertz CT molecular complexity index is 89.1. The minimum absolute atomic E-state index is 0.372. The van der Waals surface area contributed by atoms with Crippen LogP contribution >= 0.6 is 0 Å². The first-order chi connectivity index (χ1) is 4.43. The van der Waals surface area contributed by atoms with Crippen LogP contribution in [0.5, 0.6) is 0 Å². The van der Waals surface area contributed by atoms with Gasteiger partial charge in [0.05, 0.1) is 0 Å². The molecular weight excluding hydrogens is 116 g/mol. The van der Waals surface area contributed by atoms with Gasteiger partial charge in [-0.25, -0.2) is 0 Å². The summed E-state index contributed by atoms with van der Waals surface area (Å²) in [5.41, 5.74) is 2.55.